The number of nitrogens with one attached hydrogen (secondary N) is 1. The number of aryl methyl sites for hydroxylation is 1. The Balaban J connectivity index is 2.14. The van der Waals surface area contributed by atoms with E-state index in [0.29, 0.717) is 18.3 Å². The summed E-state index contributed by atoms with van der Waals surface area (Å²) >= 11 is 0. The smallest absolute Gasteiger partial charge is 0.223 e. The molecule has 0 aliphatic carbocycles. The van der Waals surface area contributed by atoms with Crippen LogP contribution in [-0.4, -0.2) is 10.1 Å². The van der Waals surface area contributed by atoms with E-state index in [1.165, 1.54) is 5.56 Å². The zero-order valence-electron chi connectivity index (χ0n) is 11.3. The maximum Gasteiger partial charge on any atom is 0.223 e. The SMILES string of the molecule is Cc1nc(CNc2ccccc2C(C)(C)C)no1. The molecule has 4 nitrogen and oxygen atoms in total. The maximum atomic E-state index is 4.95. The second-order valence-electron chi connectivity index (χ2n) is 5.38. The quantitative estimate of drug-likeness (QED) is 0.901. The van der Waals surface area contributed by atoms with Gasteiger partial charge in [-0.25, -0.2) is 0 Å². The van der Waals surface area contributed by atoms with Gasteiger partial charge in [-0.1, -0.05) is 44.1 Å². The molecule has 0 radical (unpaired) electrons. The number of rotatable bonds is 3. The third-order valence-corrected chi connectivity index (χ3v) is 2.74. The van der Waals surface area contributed by atoms with Crippen LogP contribution in [0.25, 0.3) is 0 Å². The fraction of sp³-hybridized carbons (Fsp3) is 0.429. The van der Waals surface area contributed by atoms with E-state index in [0.717, 1.165) is 5.69 Å². The van der Waals surface area contributed by atoms with Gasteiger partial charge in [-0.3, -0.25) is 0 Å². The number of hydrogen-bond acceptors (Lipinski definition) is 4. The third-order valence-electron chi connectivity index (χ3n) is 2.74. The molecule has 0 unspecified atom stereocenters. The first-order valence-corrected chi connectivity index (χ1v) is 6.09. The fourth-order valence-corrected chi connectivity index (χ4v) is 1.88. The van der Waals surface area contributed by atoms with Crippen LogP contribution in [-0.2, 0) is 12.0 Å². The van der Waals surface area contributed by atoms with Gasteiger partial charge in [0.05, 0.1) is 6.54 Å². The van der Waals surface area contributed by atoms with Crippen molar-refractivity contribution < 1.29 is 4.52 Å². The van der Waals surface area contributed by atoms with Gasteiger partial charge in [-0.15, -0.1) is 0 Å². The van der Waals surface area contributed by atoms with Gasteiger partial charge in [0.1, 0.15) is 0 Å². The second kappa shape index (κ2) is 4.80. The van der Waals surface area contributed by atoms with Crippen molar-refractivity contribution in [2.24, 2.45) is 0 Å². The van der Waals surface area contributed by atoms with Crippen molar-refractivity contribution in [3.05, 3.63) is 41.5 Å². The number of nitrogens with zero attached hydrogens (tertiary/aromatic N) is 2. The molecule has 0 atom stereocenters. The first-order valence-electron chi connectivity index (χ1n) is 6.09. The molecule has 0 spiro atoms. The molecule has 1 aromatic carbocycles. The van der Waals surface area contributed by atoms with E-state index in [2.05, 4.69) is 54.4 Å². The van der Waals surface area contributed by atoms with Gasteiger partial charge in [0.25, 0.3) is 0 Å². The van der Waals surface area contributed by atoms with Gasteiger partial charge in [0, 0.05) is 12.6 Å². The molecule has 2 aromatic rings. The minimum atomic E-state index is 0.108. The fourth-order valence-electron chi connectivity index (χ4n) is 1.88. The Labute approximate surface area is 107 Å². The molecule has 0 aliphatic rings. The molecule has 18 heavy (non-hydrogen) atoms. The first kappa shape index (κ1) is 12.6. The molecule has 0 fully saturated rings. The average Bonchev–Trinajstić information content (AvgIpc) is 2.72. The highest BCUT2D eigenvalue weighted by Crippen LogP contribution is 2.29. The third kappa shape index (κ3) is 2.88. The van der Waals surface area contributed by atoms with Crippen LogP contribution in [0.2, 0.25) is 0 Å². The van der Waals surface area contributed by atoms with Crippen molar-refractivity contribution in [2.75, 3.05) is 5.32 Å². The van der Waals surface area contributed by atoms with Gasteiger partial charge in [-0.2, -0.15) is 4.98 Å². The Hall–Kier alpha value is -1.84. The molecule has 0 amide bonds. The summed E-state index contributed by atoms with van der Waals surface area (Å²) in [5, 5.41) is 7.24. The molecular weight excluding hydrogens is 226 g/mol. The number of benzene rings is 1. The van der Waals surface area contributed by atoms with E-state index < -0.39 is 0 Å². The van der Waals surface area contributed by atoms with Crippen molar-refractivity contribution >= 4 is 5.69 Å². The molecule has 0 aliphatic heterocycles. The van der Waals surface area contributed by atoms with Gasteiger partial charge in [0.15, 0.2) is 5.82 Å². The second-order valence-corrected chi connectivity index (χ2v) is 5.38. The van der Waals surface area contributed by atoms with Crippen LogP contribution in [0.5, 0.6) is 0 Å². The summed E-state index contributed by atoms with van der Waals surface area (Å²) in [5.41, 5.74) is 2.51. The Morgan fingerprint density at radius 2 is 1.94 bits per heavy atom. The normalized spacial score (nSPS) is 11.6. The monoisotopic (exact) mass is 245 g/mol. The lowest BCUT2D eigenvalue weighted by Gasteiger charge is -2.23. The van der Waals surface area contributed by atoms with E-state index >= 15 is 0 Å². The van der Waals surface area contributed by atoms with Crippen LogP contribution in [0.1, 0.15) is 38.0 Å². The summed E-state index contributed by atoms with van der Waals surface area (Å²) in [4.78, 5) is 4.18. The Kier molecular flexibility index (Phi) is 3.36. The number of aromatic nitrogens is 2. The summed E-state index contributed by atoms with van der Waals surface area (Å²) in [5.74, 6) is 1.27. The predicted octanol–water partition coefficient (Wildman–Crippen LogP) is 3.29. The van der Waals surface area contributed by atoms with Crippen LogP contribution >= 0.6 is 0 Å². The first-order chi connectivity index (χ1) is 8.47. The summed E-state index contributed by atoms with van der Waals surface area (Å²) in [6.45, 7) is 8.97. The van der Waals surface area contributed by atoms with E-state index in [1.807, 2.05) is 6.07 Å². The molecular formula is C14H19N3O. The average molecular weight is 245 g/mol. The van der Waals surface area contributed by atoms with Crippen molar-refractivity contribution in [3.63, 3.8) is 0 Å². The Bertz CT molecular complexity index is 526. The van der Waals surface area contributed by atoms with E-state index in [-0.39, 0.29) is 5.41 Å². The molecule has 1 N–H and O–H groups in total. The highest BCUT2D eigenvalue weighted by molar-refractivity contribution is 5.54. The van der Waals surface area contributed by atoms with Crippen molar-refractivity contribution in [1.82, 2.24) is 10.1 Å². The molecule has 0 bridgehead atoms. The van der Waals surface area contributed by atoms with Crippen molar-refractivity contribution in [2.45, 2.75) is 39.7 Å². The predicted molar refractivity (Wildman–Crippen MR) is 71.5 cm³/mol. The highest BCUT2D eigenvalue weighted by atomic mass is 16.5. The lowest BCUT2D eigenvalue weighted by Crippen LogP contribution is -2.15. The molecule has 4 heteroatoms. The summed E-state index contributed by atoms with van der Waals surface area (Å²) in [6, 6.07) is 8.31. The lowest BCUT2D eigenvalue weighted by atomic mass is 9.86. The number of para-hydroxylation sites is 1. The molecule has 2 rings (SSSR count). The molecule has 96 valence electrons. The van der Waals surface area contributed by atoms with E-state index in [9.17, 15) is 0 Å². The largest absolute Gasteiger partial charge is 0.377 e. The molecule has 0 saturated heterocycles. The lowest BCUT2D eigenvalue weighted by molar-refractivity contribution is 0.388. The maximum absolute atomic E-state index is 4.95. The van der Waals surface area contributed by atoms with Crippen LogP contribution in [0.15, 0.2) is 28.8 Å². The summed E-state index contributed by atoms with van der Waals surface area (Å²) < 4.78 is 4.95. The standard InChI is InChI=1S/C14H19N3O/c1-10-16-13(17-18-10)9-15-12-8-6-5-7-11(12)14(2,3)4/h5-8,15H,9H2,1-4H3. The van der Waals surface area contributed by atoms with Crippen molar-refractivity contribution in [1.29, 1.82) is 0 Å². The Morgan fingerprint density at radius 1 is 1.22 bits per heavy atom. The van der Waals surface area contributed by atoms with Gasteiger partial charge < -0.3 is 9.84 Å². The minimum absolute atomic E-state index is 0.108. The Morgan fingerprint density at radius 3 is 2.56 bits per heavy atom. The zero-order chi connectivity index (χ0) is 13.2. The van der Waals surface area contributed by atoms with Crippen LogP contribution < -0.4 is 5.32 Å². The van der Waals surface area contributed by atoms with Crippen LogP contribution in [0.4, 0.5) is 5.69 Å². The zero-order valence-corrected chi connectivity index (χ0v) is 11.3. The van der Waals surface area contributed by atoms with E-state index in [4.69, 9.17) is 4.52 Å². The summed E-state index contributed by atoms with van der Waals surface area (Å²) in [6.07, 6.45) is 0. The highest BCUT2D eigenvalue weighted by Gasteiger charge is 2.17. The van der Waals surface area contributed by atoms with Crippen molar-refractivity contribution in [3.8, 4) is 0 Å². The van der Waals surface area contributed by atoms with Crippen LogP contribution in [0, 0.1) is 6.92 Å². The molecule has 1 heterocycles. The topological polar surface area (TPSA) is 51.0 Å². The summed E-state index contributed by atoms with van der Waals surface area (Å²) in [7, 11) is 0. The van der Waals surface area contributed by atoms with E-state index in [1.54, 1.807) is 6.92 Å². The number of hydrogen-bond donors (Lipinski definition) is 1. The number of anilines is 1. The van der Waals surface area contributed by atoms with Gasteiger partial charge in [-0.05, 0) is 17.0 Å². The van der Waals surface area contributed by atoms with Crippen LogP contribution in [0.3, 0.4) is 0 Å². The van der Waals surface area contributed by atoms with Gasteiger partial charge >= 0.3 is 0 Å². The minimum Gasteiger partial charge on any atom is -0.377 e. The molecule has 0 saturated carbocycles. The van der Waals surface area contributed by atoms with Gasteiger partial charge in [0.2, 0.25) is 5.89 Å². The molecule has 1 aromatic heterocycles.